The molecule has 1 aromatic heterocycles. The first-order chi connectivity index (χ1) is 41.0. The Labute approximate surface area is 491 Å². The minimum atomic E-state index is -0.926. The third kappa shape index (κ3) is 18.7. The van der Waals surface area contributed by atoms with Gasteiger partial charge >= 0.3 is 36.5 Å². The quantitative estimate of drug-likeness (QED) is 0.0213. The summed E-state index contributed by atoms with van der Waals surface area (Å²) in [6, 6.07) is 39.2. The Bertz CT molecular complexity index is 3260. The van der Waals surface area contributed by atoms with Crippen molar-refractivity contribution in [3.05, 3.63) is 173 Å². The number of nitrogens with zero attached hydrogens (tertiary/aromatic N) is 5. The average molecular weight is 1170 g/mol. The molecular formula is C61H70N10O14. The van der Waals surface area contributed by atoms with E-state index in [2.05, 4.69) is 31.4 Å². The highest BCUT2D eigenvalue weighted by Crippen LogP contribution is 2.25. The highest BCUT2D eigenvalue weighted by Gasteiger charge is 2.40. The molecule has 3 heterocycles. The molecule has 0 radical (unpaired) electrons. The first kappa shape index (κ1) is 61.5. The zero-order chi connectivity index (χ0) is 60.1. The predicted octanol–water partition coefficient (Wildman–Crippen LogP) is 7.54. The van der Waals surface area contributed by atoms with E-state index in [4.69, 9.17) is 38.9 Å². The Kier molecular flexibility index (Phi) is 21.8. The van der Waals surface area contributed by atoms with Crippen LogP contribution in [0.25, 0.3) is 10.9 Å². The number of urea groups is 1. The Morgan fingerprint density at radius 3 is 1.87 bits per heavy atom. The Morgan fingerprint density at radius 1 is 0.647 bits per heavy atom. The molecule has 448 valence electrons. The predicted molar refractivity (Wildman–Crippen MR) is 310 cm³/mol. The topological polar surface area (TPSA) is 295 Å². The lowest BCUT2D eigenvalue weighted by molar-refractivity contribution is -0.177. The van der Waals surface area contributed by atoms with Crippen LogP contribution in [0.3, 0.4) is 0 Å². The second-order valence-corrected chi connectivity index (χ2v) is 20.9. The maximum Gasteiger partial charge on any atom is 0.435 e. The molecule has 5 aromatic carbocycles. The standard InChI is InChI=1S/C61H70N10O14/c1-61(2,3)85-57(75)66-36-42-22-20-41(21-23-42)35-65-55(73)69-29-31-70(32-30-69)59(77)84-49-26-33-79-50(52(49)80-37-43-14-7-4-8-15-43)40-82-56(74)64-28-13-27-63-54(72)51-47-25-24-46(53(62)67-58(76)81-38-44-16-9-5-10-17-44)34-48(47)71(68-51)60(78)83-39-45-18-11-6-12-19-45/h4-12,14-25,34,49-50,52H,13,26-33,35-40H2,1-3H3,(H,63,72)(H,64,74)(H,65,73)(H,66,75)(H2,62,67,76)/t49-,50-,52+/m1/s1. The van der Waals surface area contributed by atoms with Crippen LogP contribution in [0.1, 0.15) is 77.5 Å². The van der Waals surface area contributed by atoms with Crippen molar-refractivity contribution >= 4 is 59.1 Å². The van der Waals surface area contributed by atoms with Gasteiger partial charge in [-0.3, -0.25) is 4.79 Å². The Balaban J connectivity index is 0.798. The molecule has 0 aliphatic carbocycles. The molecule has 24 nitrogen and oxygen atoms in total. The van der Waals surface area contributed by atoms with Crippen LogP contribution in [0.15, 0.2) is 138 Å². The van der Waals surface area contributed by atoms with Crippen LogP contribution in [0.4, 0.5) is 28.8 Å². The van der Waals surface area contributed by atoms with Crippen molar-refractivity contribution in [2.24, 2.45) is 10.7 Å². The lowest BCUT2D eigenvalue weighted by Gasteiger charge is -2.39. The Hall–Kier alpha value is -9.55. The number of rotatable bonds is 20. The smallest absolute Gasteiger partial charge is 0.435 e. The second-order valence-electron chi connectivity index (χ2n) is 20.9. The molecule has 0 spiro atoms. The van der Waals surface area contributed by atoms with Gasteiger partial charge in [0.05, 0.1) is 18.7 Å². The van der Waals surface area contributed by atoms with Crippen molar-refractivity contribution in [3.63, 3.8) is 0 Å². The number of amidine groups is 1. The van der Waals surface area contributed by atoms with E-state index in [1.807, 2.05) is 78.9 Å². The van der Waals surface area contributed by atoms with Crippen molar-refractivity contribution in [1.82, 2.24) is 40.8 Å². The number of benzene rings is 5. The van der Waals surface area contributed by atoms with Gasteiger partial charge in [0, 0.05) is 69.7 Å². The third-order valence-corrected chi connectivity index (χ3v) is 13.4. The van der Waals surface area contributed by atoms with Crippen molar-refractivity contribution in [2.45, 2.75) is 90.4 Å². The van der Waals surface area contributed by atoms with E-state index < -0.39 is 60.3 Å². The number of aliphatic imine (C=N–C) groups is 1. The summed E-state index contributed by atoms with van der Waals surface area (Å²) in [5, 5.41) is 15.7. The fraction of sp³-hybridized carbons (Fsp3) is 0.361. The minimum Gasteiger partial charge on any atom is -0.447 e. The van der Waals surface area contributed by atoms with E-state index in [9.17, 15) is 33.6 Å². The molecule has 8 rings (SSSR count). The molecule has 6 N–H and O–H groups in total. The number of amides is 7. The maximum absolute atomic E-state index is 13.7. The molecule has 2 aliphatic heterocycles. The summed E-state index contributed by atoms with van der Waals surface area (Å²) in [7, 11) is 0. The van der Waals surface area contributed by atoms with Crippen LogP contribution < -0.4 is 27.0 Å². The van der Waals surface area contributed by atoms with E-state index in [1.54, 1.807) is 62.1 Å². The van der Waals surface area contributed by atoms with E-state index in [0.29, 0.717) is 13.0 Å². The molecule has 0 saturated carbocycles. The largest absolute Gasteiger partial charge is 0.447 e. The summed E-state index contributed by atoms with van der Waals surface area (Å²) >= 11 is 0. The van der Waals surface area contributed by atoms with Crippen LogP contribution in [0.2, 0.25) is 0 Å². The zero-order valence-corrected chi connectivity index (χ0v) is 47.6. The van der Waals surface area contributed by atoms with E-state index in [0.717, 1.165) is 32.5 Å². The number of nitrogens with one attached hydrogen (secondary N) is 4. The van der Waals surface area contributed by atoms with E-state index in [-0.39, 0.29) is 119 Å². The normalized spacial score (nSPS) is 16.1. The fourth-order valence-electron chi connectivity index (χ4n) is 8.98. The van der Waals surface area contributed by atoms with Crippen molar-refractivity contribution in [2.75, 3.05) is 52.5 Å². The Morgan fingerprint density at radius 2 is 1.24 bits per heavy atom. The van der Waals surface area contributed by atoms with Crippen LogP contribution in [0.5, 0.6) is 0 Å². The maximum atomic E-state index is 13.7. The zero-order valence-electron chi connectivity index (χ0n) is 47.6. The number of alkyl carbamates (subject to hydrolysis) is 2. The molecule has 2 fully saturated rings. The molecule has 6 aromatic rings. The number of ether oxygens (including phenoxy) is 7. The summed E-state index contributed by atoms with van der Waals surface area (Å²) in [4.78, 5) is 98.7. The van der Waals surface area contributed by atoms with Crippen molar-refractivity contribution in [1.29, 1.82) is 0 Å². The van der Waals surface area contributed by atoms with E-state index in [1.165, 1.54) is 23.1 Å². The van der Waals surface area contributed by atoms with Gasteiger partial charge in [0.1, 0.15) is 49.6 Å². The number of aromatic nitrogens is 2. The number of nitrogens with two attached hydrogens (primary N) is 1. The number of hydrogen-bond donors (Lipinski definition) is 5. The molecule has 85 heavy (non-hydrogen) atoms. The van der Waals surface area contributed by atoms with Crippen molar-refractivity contribution in [3.8, 4) is 0 Å². The van der Waals surface area contributed by atoms with Crippen molar-refractivity contribution < 1.29 is 66.7 Å². The van der Waals surface area contributed by atoms with Gasteiger partial charge in [-0.15, -0.1) is 0 Å². The first-order valence-electron chi connectivity index (χ1n) is 27.8. The molecule has 0 unspecified atom stereocenters. The van der Waals surface area contributed by atoms with Gasteiger partial charge in [0.25, 0.3) is 5.91 Å². The van der Waals surface area contributed by atoms with Gasteiger partial charge in [-0.25, -0.2) is 28.8 Å². The van der Waals surface area contributed by atoms with Gasteiger partial charge in [0.15, 0.2) is 5.69 Å². The number of carbonyl (C=O) groups excluding carboxylic acids is 7. The lowest BCUT2D eigenvalue weighted by atomic mass is 10.0. The number of hydrogen-bond acceptors (Lipinski definition) is 15. The monoisotopic (exact) mass is 1170 g/mol. The van der Waals surface area contributed by atoms with E-state index >= 15 is 0 Å². The summed E-state index contributed by atoms with van der Waals surface area (Å²) in [5.74, 6) is -0.825. The van der Waals surface area contributed by atoms with Gasteiger partial charge in [-0.1, -0.05) is 121 Å². The highest BCUT2D eigenvalue weighted by atomic mass is 16.6. The SMILES string of the molecule is CC(C)(C)OC(=O)NCc1ccc(CNC(=O)N2CCN(C(=O)O[C@@H]3CCO[C@H](COC(=O)NCCCNC(=O)c4nn(C(=O)OCc5ccccc5)c5cc(C(N)=NC(=O)OCc6ccccc6)ccc45)[C@H]3OCc3ccccc3)CC2)cc1. The minimum absolute atomic E-state index is 0.0199. The second kappa shape index (κ2) is 30.1. The van der Waals surface area contributed by atoms with Crippen LogP contribution in [-0.4, -0.2) is 144 Å². The van der Waals surface area contributed by atoms with Crippen LogP contribution >= 0.6 is 0 Å². The number of piperazine rings is 1. The third-order valence-electron chi connectivity index (χ3n) is 13.4. The molecule has 0 bridgehead atoms. The molecule has 3 atom stereocenters. The molecule has 2 aliphatic rings. The molecular weight excluding hydrogens is 1100 g/mol. The summed E-state index contributed by atoms with van der Waals surface area (Å²) in [6.45, 7) is 7.18. The summed E-state index contributed by atoms with van der Waals surface area (Å²) < 4.78 is 41.1. The average Bonchev–Trinajstić information content (AvgIpc) is 3.95. The lowest BCUT2D eigenvalue weighted by Crippen LogP contribution is -2.55. The van der Waals surface area contributed by atoms with Gasteiger partial charge in [-0.05, 0) is 67.1 Å². The summed E-state index contributed by atoms with van der Waals surface area (Å²) in [6.07, 6.45) is -5.45. The fourth-order valence-corrected chi connectivity index (χ4v) is 8.98. The van der Waals surface area contributed by atoms with Gasteiger partial charge in [-0.2, -0.15) is 14.8 Å². The number of carbonyl (C=O) groups is 7. The molecule has 24 heteroatoms. The highest BCUT2D eigenvalue weighted by molar-refractivity contribution is 6.10. The summed E-state index contributed by atoms with van der Waals surface area (Å²) in [5.41, 5.74) is 10.0. The van der Waals surface area contributed by atoms with Gasteiger partial charge < -0.3 is 70.0 Å². The molecule has 2 saturated heterocycles. The first-order valence-corrected chi connectivity index (χ1v) is 27.8. The number of fused-ring (bicyclic) bond motifs is 1. The van der Waals surface area contributed by atoms with Crippen LogP contribution in [-0.2, 0) is 66.1 Å². The molecule has 7 amide bonds. The van der Waals surface area contributed by atoms with Gasteiger partial charge in [0.2, 0.25) is 0 Å². The van der Waals surface area contributed by atoms with Crippen LogP contribution in [0, 0.1) is 0 Å².